The second-order valence-corrected chi connectivity index (χ2v) is 14.0. The molecule has 1 fully saturated rings. The van der Waals surface area contributed by atoms with Crippen LogP contribution in [0.1, 0.15) is 39.2 Å². The molecule has 200 valence electrons. The van der Waals surface area contributed by atoms with Crippen molar-refractivity contribution in [2.45, 2.75) is 43.9 Å². The van der Waals surface area contributed by atoms with E-state index in [-0.39, 0.29) is 11.3 Å². The third-order valence-corrected chi connectivity index (χ3v) is 9.76. The molecule has 1 saturated heterocycles. The van der Waals surface area contributed by atoms with Gasteiger partial charge in [0, 0.05) is 36.3 Å². The van der Waals surface area contributed by atoms with Crippen molar-refractivity contribution >= 4 is 49.0 Å². The lowest BCUT2D eigenvalue weighted by Crippen LogP contribution is -2.41. The van der Waals surface area contributed by atoms with Gasteiger partial charge in [0.05, 0.1) is 21.3 Å². The van der Waals surface area contributed by atoms with Crippen molar-refractivity contribution in [2.24, 2.45) is 5.92 Å². The molecular formula is C28H31BrClN5O2S. The van der Waals surface area contributed by atoms with Crippen LogP contribution >= 0.6 is 27.5 Å². The van der Waals surface area contributed by atoms with Gasteiger partial charge in [-0.2, -0.15) is 13.9 Å². The van der Waals surface area contributed by atoms with E-state index < -0.39 is 10.0 Å². The zero-order chi connectivity index (χ0) is 27.1. The van der Waals surface area contributed by atoms with E-state index in [2.05, 4.69) is 47.1 Å². The van der Waals surface area contributed by atoms with Crippen LogP contribution in [-0.4, -0.2) is 47.0 Å². The Kier molecular flexibility index (Phi) is 7.57. The van der Waals surface area contributed by atoms with Crippen LogP contribution in [0.3, 0.4) is 0 Å². The van der Waals surface area contributed by atoms with Crippen LogP contribution in [0.25, 0.3) is 16.9 Å². The van der Waals surface area contributed by atoms with Crippen molar-refractivity contribution in [3.63, 3.8) is 0 Å². The third-order valence-electron chi connectivity index (χ3n) is 6.99. The van der Waals surface area contributed by atoms with E-state index in [1.807, 2.05) is 42.5 Å². The minimum Gasteiger partial charge on any atom is -0.370 e. The van der Waals surface area contributed by atoms with E-state index >= 15 is 0 Å². The van der Waals surface area contributed by atoms with Gasteiger partial charge in [-0.1, -0.05) is 62.7 Å². The highest BCUT2D eigenvalue weighted by Crippen LogP contribution is 2.31. The summed E-state index contributed by atoms with van der Waals surface area (Å²) in [5.74, 6) is 0.923. The minimum atomic E-state index is -3.56. The first kappa shape index (κ1) is 27.1. The van der Waals surface area contributed by atoms with Gasteiger partial charge in [0.15, 0.2) is 5.65 Å². The fourth-order valence-electron chi connectivity index (χ4n) is 4.81. The lowest BCUT2D eigenvalue weighted by atomic mass is 9.87. The number of anilines is 1. The van der Waals surface area contributed by atoms with Crippen LogP contribution in [-0.2, 0) is 15.4 Å². The van der Waals surface area contributed by atoms with Crippen molar-refractivity contribution in [3.8, 4) is 11.3 Å². The van der Waals surface area contributed by atoms with E-state index in [4.69, 9.17) is 16.6 Å². The summed E-state index contributed by atoms with van der Waals surface area (Å²) in [6.45, 7) is 7.96. The largest absolute Gasteiger partial charge is 0.370 e. The maximum absolute atomic E-state index is 13.4. The summed E-state index contributed by atoms with van der Waals surface area (Å²) in [5.41, 5.74) is 3.33. The fraction of sp³-hybridized carbons (Fsp3) is 0.357. The number of nitrogens with zero attached hydrogens (tertiary/aromatic N) is 4. The first-order valence-corrected chi connectivity index (χ1v) is 15.3. The summed E-state index contributed by atoms with van der Waals surface area (Å²) in [6.07, 6.45) is 3.47. The number of halogens is 2. The molecule has 0 amide bonds. The van der Waals surface area contributed by atoms with Crippen molar-refractivity contribution < 1.29 is 8.42 Å². The highest BCUT2D eigenvalue weighted by molar-refractivity contribution is 9.10. The fourth-order valence-corrected chi connectivity index (χ4v) is 6.94. The Morgan fingerprint density at radius 3 is 2.58 bits per heavy atom. The molecule has 1 atom stereocenters. The summed E-state index contributed by atoms with van der Waals surface area (Å²) in [6, 6.07) is 16.8. The number of hydrogen-bond acceptors (Lipinski definition) is 5. The molecule has 0 saturated carbocycles. The van der Waals surface area contributed by atoms with Gasteiger partial charge in [-0.05, 0) is 63.9 Å². The summed E-state index contributed by atoms with van der Waals surface area (Å²) in [4.78, 5) is 5.11. The van der Waals surface area contributed by atoms with Crippen LogP contribution in [0.4, 0.5) is 5.82 Å². The Morgan fingerprint density at radius 2 is 1.87 bits per heavy atom. The second-order valence-electron chi connectivity index (χ2n) is 10.8. The zero-order valence-electron chi connectivity index (χ0n) is 21.7. The van der Waals surface area contributed by atoms with Crippen LogP contribution in [0, 0.1) is 5.92 Å². The molecule has 5 rings (SSSR count). The standard InChI is InChI=1S/C28H31BrClN5O2S/c1-28(2,3)20-10-12-21(13-11-20)38(36,37)34-14-6-7-19(18-34)16-31-26-15-25(22-8-4-5-9-24(22)30)33-27-23(29)17-32-35(26)27/h4-5,8-13,15,17,19,31H,6-7,14,16,18H2,1-3H3. The molecule has 1 aliphatic rings. The maximum atomic E-state index is 13.4. The average Bonchev–Trinajstić information content (AvgIpc) is 3.28. The van der Waals surface area contributed by atoms with Gasteiger partial charge in [0.1, 0.15) is 5.82 Å². The predicted molar refractivity (Wildman–Crippen MR) is 156 cm³/mol. The van der Waals surface area contributed by atoms with Gasteiger partial charge >= 0.3 is 0 Å². The molecule has 7 nitrogen and oxygen atoms in total. The Morgan fingerprint density at radius 1 is 1.13 bits per heavy atom. The Hall–Kier alpha value is -2.46. The molecule has 4 aromatic rings. The van der Waals surface area contributed by atoms with Gasteiger partial charge in [-0.3, -0.25) is 0 Å². The predicted octanol–water partition coefficient (Wildman–Crippen LogP) is 6.62. The topological polar surface area (TPSA) is 79.6 Å². The SMILES string of the molecule is CC(C)(C)c1ccc(S(=O)(=O)N2CCCC(CNc3cc(-c4ccccc4Cl)nc4c(Br)cnn34)C2)cc1. The van der Waals surface area contributed by atoms with Gasteiger partial charge in [0.25, 0.3) is 0 Å². The Balaban J connectivity index is 1.35. The monoisotopic (exact) mass is 615 g/mol. The smallest absolute Gasteiger partial charge is 0.243 e. The molecule has 2 aromatic heterocycles. The molecular weight excluding hydrogens is 586 g/mol. The summed E-state index contributed by atoms with van der Waals surface area (Å²) >= 11 is 10.00. The number of sulfonamides is 1. The Labute approximate surface area is 237 Å². The van der Waals surface area contributed by atoms with Gasteiger partial charge in [-0.25, -0.2) is 13.4 Å². The summed E-state index contributed by atoms with van der Waals surface area (Å²) < 4.78 is 31.0. The van der Waals surface area contributed by atoms with E-state index in [0.29, 0.717) is 35.2 Å². The molecule has 1 N–H and O–H groups in total. The number of nitrogens with one attached hydrogen (secondary N) is 1. The number of hydrogen-bond donors (Lipinski definition) is 1. The van der Waals surface area contributed by atoms with Gasteiger partial charge in [-0.15, -0.1) is 0 Å². The molecule has 1 aliphatic heterocycles. The molecule has 0 aliphatic carbocycles. The maximum Gasteiger partial charge on any atom is 0.243 e. The molecule has 10 heteroatoms. The zero-order valence-corrected chi connectivity index (χ0v) is 24.8. The first-order chi connectivity index (χ1) is 18.0. The quantitative estimate of drug-likeness (QED) is 0.263. The van der Waals surface area contributed by atoms with Crippen molar-refractivity contribution in [1.82, 2.24) is 18.9 Å². The van der Waals surface area contributed by atoms with Crippen molar-refractivity contribution in [3.05, 3.63) is 75.9 Å². The minimum absolute atomic E-state index is 0.0293. The summed E-state index contributed by atoms with van der Waals surface area (Å²) in [7, 11) is -3.56. The van der Waals surface area contributed by atoms with Crippen LogP contribution < -0.4 is 5.32 Å². The Bertz CT molecular complexity index is 1560. The molecule has 1 unspecified atom stereocenters. The number of aromatic nitrogens is 3. The number of fused-ring (bicyclic) bond motifs is 1. The molecule has 2 aromatic carbocycles. The number of rotatable bonds is 6. The van der Waals surface area contributed by atoms with Gasteiger partial charge < -0.3 is 5.32 Å². The molecule has 0 bridgehead atoms. The van der Waals surface area contributed by atoms with E-state index in [1.54, 1.807) is 27.2 Å². The summed E-state index contributed by atoms with van der Waals surface area (Å²) in [5, 5.41) is 8.59. The molecule has 0 radical (unpaired) electrons. The third kappa shape index (κ3) is 5.47. The molecule has 38 heavy (non-hydrogen) atoms. The lowest BCUT2D eigenvalue weighted by molar-refractivity contribution is 0.275. The van der Waals surface area contributed by atoms with Gasteiger partial charge in [0.2, 0.25) is 10.0 Å². The highest BCUT2D eigenvalue weighted by Gasteiger charge is 2.30. The first-order valence-electron chi connectivity index (χ1n) is 12.7. The number of benzene rings is 2. The van der Waals surface area contributed by atoms with E-state index in [0.717, 1.165) is 40.0 Å². The van der Waals surface area contributed by atoms with E-state index in [1.165, 1.54) is 0 Å². The van der Waals surface area contributed by atoms with Crippen molar-refractivity contribution in [1.29, 1.82) is 0 Å². The average molecular weight is 617 g/mol. The highest BCUT2D eigenvalue weighted by atomic mass is 79.9. The van der Waals surface area contributed by atoms with Crippen molar-refractivity contribution in [2.75, 3.05) is 25.0 Å². The second kappa shape index (κ2) is 10.6. The normalized spacial score (nSPS) is 17.1. The van der Waals surface area contributed by atoms with Crippen LogP contribution in [0.2, 0.25) is 5.02 Å². The van der Waals surface area contributed by atoms with Crippen LogP contribution in [0.15, 0.2) is 70.2 Å². The molecule has 0 spiro atoms. The van der Waals surface area contributed by atoms with E-state index in [9.17, 15) is 8.42 Å². The lowest BCUT2D eigenvalue weighted by Gasteiger charge is -2.32. The number of piperidine rings is 1. The van der Waals surface area contributed by atoms with Crippen LogP contribution in [0.5, 0.6) is 0 Å². The molecule has 3 heterocycles.